The number of nitrogens with zero attached hydrogens (tertiary/aromatic N) is 3. The van der Waals surface area contributed by atoms with Crippen molar-refractivity contribution in [3.05, 3.63) is 41.4 Å². The maximum Gasteiger partial charge on any atom is 0.234 e. The fourth-order valence-electron chi connectivity index (χ4n) is 3.20. The molecule has 0 aliphatic carbocycles. The number of benzene rings is 2. The Balaban J connectivity index is 1.67. The lowest BCUT2D eigenvalue weighted by Crippen LogP contribution is -2.15. The number of nitrogens with one attached hydrogen (secondary N) is 1. The molecule has 1 heterocycles. The predicted octanol–water partition coefficient (Wildman–Crippen LogP) is 5.55. The lowest BCUT2D eigenvalue weighted by molar-refractivity contribution is -0.113. The first-order valence-electron chi connectivity index (χ1n) is 11.0. The van der Waals surface area contributed by atoms with Crippen molar-refractivity contribution in [2.45, 2.75) is 38.4 Å². The Kier molecular flexibility index (Phi) is 9.47. The number of ether oxygens (including phenoxy) is 3. The van der Waals surface area contributed by atoms with E-state index in [0.29, 0.717) is 40.5 Å². The molecule has 2 aromatic carbocycles. The number of hydrogen-bond acceptors (Lipinski definition) is 7. The van der Waals surface area contributed by atoms with Crippen LogP contribution in [0.2, 0.25) is 5.02 Å². The summed E-state index contributed by atoms with van der Waals surface area (Å²) in [6.45, 7) is 5.53. The molecule has 0 fully saturated rings. The number of methoxy groups -OCH3 is 2. The van der Waals surface area contributed by atoms with Gasteiger partial charge in [0.2, 0.25) is 5.91 Å². The van der Waals surface area contributed by atoms with Gasteiger partial charge in [0.15, 0.2) is 11.0 Å². The summed E-state index contributed by atoms with van der Waals surface area (Å²) in [6.07, 6.45) is 2.12. The fraction of sp³-hybridized carbons (Fsp3) is 0.375. The molecule has 0 saturated heterocycles. The van der Waals surface area contributed by atoms with E-state index >= 15 is 0 Å². The summed E-state index contributed by atoms with van der Waals surface area (Å²) in [4.78, 5) is 12.6. The van der Waals surface area contributed by atoms with E-state index in [-0.39, 0.29) is 11.7 Å². The summed E-state index contributed by atoms with van der Waals surface area (Å²) in [6, 6.07) is 11.0. The first kappa shape index (κ1) is 25.7. The van der Waals surface area contributed by atoms with E-state index in [0.717, 1.165) is 30.0 Å². The lowest BCUT2D eigenvalue weighted by Gasteiger charge is -2.13. The Morgan fingerprint density at radius 3 is 2.47 bits per heavy atom. The van der Waals surface area contributed by atoms with Gasteiger partial charge in [-0.05, 0) is 37.6 Å². The molecule has 182 valence electrons. The minimum atomic E-state index is -0.214. The number of carbonyl (C=O) groups is 1. The topological polar surface area (TPSA) is 87.5 Å². The molecule has 1 aromatic heterocycles. The van der Waals surface area contributed by atoms with Gasteiger partial charge in [0.05, 0.1) is 37.3 Å². The van der Waals surface area contributed by atoms with E-state index in [1.807, 2.05) is 35.8 Å². The minimum absolute atomic E-state index is 0.149. The van der Waals surface area contributed by atoms with Crippen LogP contribution in [0.5, 0.6) is 17.2 Å². The zero-order valence-corrected chi connectivity index (χ0v) is 21.3. The molecule has 0 saturated carbocycles. The van der Waals surface area contributed by atoms with Crippen molar-refractivity contribution < 1.29 is 19.0 Å². The Morgan fingerprint density at radius 1 is 1.09 bits per heavy atom. The Bertz CT molecular complexity index is 1110. The molecule has 1 N–H and O–H groups in total. The second-order valence-electron chi connectivity index (χ2n) is 7.30. The van der Waals surface area contributed by atoms with Gasteiger partial charge in [0.25, 0.3) is 0 Å². The standard InChI is InChI=1S/C24H29ClN4O4S/c1-5-7-12-33-17-10-8-16(9-11-17)23-27-28-24(29(23)6-2)34-15-22(30)26-19-14-20(31-3)18(25)13-21(19)32-4/h8-11,13-14H,5-7,12,15H2,1-4H3,(H,26,30). The molecule has 0 bridgehead atoms. The maximum absolute atomic E-state index is 12.6. The highest BCUT2D eigenvalue weighted by Gasteiger charge is 2.17. The molecule has 34 heavy (non-hydrogen) atoms. The third-order valence-corrected chi connectivity index (χ3v) is 6.25. The van der Waals surface area contributed by atoms with Gasteiger partial charge in [0.1, 0.15) is 17.2 Å². The second kappa shape index (κ2) is 12.5. The molecular formula is C24H29ClN4O4S. The van der Waals surface area contributed by atoms with E-state index in [1.54, 1.807) is 12.1 Å². The van der Waals surface area contributed by atoms with Gasteiger partial charge in [-0.25, -0.2) is 0 Å². The van der Waals surface area contributed by atoms with Crippen molar-refractivity contribution in [1.82, 2.24) is 14.8 Å². The van der Waals surface area contributed by atoms with Gasteiger partial charge in [-0.3, -0.25) is 4.79 Å². The van der Waals surface area contributed by atoms with Crippen LogP contribution in [0, 0.1) is 0 Å². The quantitative estimate of drug-likeness (QED) is 0.256. The van der Waals surface area contributed by atoms with Gasteiger partial charge in [-0.15, -0.1) is 10.2 Å². The van der Waals surface area contributed by atoms with Crippen LogP contribution in [0.4, 0.5) is 5.69 Å². The monoisotopic (exact) mass is 504 g/mol. The molecule has 10 heteroatoms. The number of carbonyl (C=O) groups excluding carboxylic acids is 1. The van der Waals surface area contributed by atoms with Gasteiger partial charge < -0.3 is 24.1 Å². The van der Waals surface area contributed by atoms with Crippen molar-refractivity contribution in [3.63, 3.8) is 0 Å². The molecule has 0 aliphatic heterocycles. The van der Waals surface area contributed by atoms with Crippen LogP contribution in [-0.4, -0.2) is 47.3 Å². The van der Waals surface area contributed by atoms with E-state index < -0.39 is 0 Å². The van der Waals surface area contributed by atoms with Crippen LogP contribution in [0.1, 0.15) is 26.7 Å². The first-order valence-corrected chi connectivity index (χ1v) is 12.4. The van der Waals surface area contributed by atoms with Crippen molar-refractivity contribution in [1.29, 1.82) is 0 Å². The summed E-state index contributed by atoms with van der Waals surface area (Å²) >= 11 is 7.45. The molecule has 0 radical (unpaired) electrons. The molecule has 3 rings (SSSR count). The van der Waals surface area contributed by atoms with Crippen LogP contribution >= 0.6 is 23.4 Å². The van der Waals surface area contributed by atoms with Gasteiger partial charge >= 0.3 is 0 Å². The zero-order chi connectivity index (χ0) is 24.5. The second-order valence-corrected chi connectivity index (χ2v) is 8.65. The van der Waals surface area contributed by atoms with E-state index in [9.17, 15) is 4.79 Å². The number of thioether (sulfide) groups is 1. The average molecular weight is 505 g/mol. The van der Waals surface area contributed by atoms with Crippen molar-refractivity contribution >= 4 is 35.0 Å². The third kappa shape index (κ3) is 6.36. The predicted molar refractivity (Wildman–Crippen MR) is 135 cm³/mol. The van der Waals surface area contributed by atoms with Crippen molar-refractivity contribution in [2.75, 3.05) is 31.9 Å². The molecular weight excluding hydrogens is 476 g/mol. The minimum Gasteiger partial charge on any atom is -0.495 e. The van der Waals surface area contributed by atoms with E-state index in [1.165, 1.54) is 26.0 Å². The molecule has 0 unspecified atom stereocenters. The third-order valence-electron chi connectivity index (χ3n) is 4.99. The van der Waals surface area contributed by atoms with Crippen LogP contribution in [0.15, 0.2) is 41.6 Å². The first-order chi connectivity index (χ1) is 16.5. The van der Waals surface area contributed by atoms with Gasteiger partial charge in [-0.1, -0.05) is 36.7 Å². The molecule has 0 atom stereocenters. The normalized spacial score (nSPS) is 10.7. The highest BCUT2D eigenvalue weighted by molar-refractivity contribution is 7.99. The fourth-order valence-corrected chi connectivity index (χ4v) is 4.24. The number of anilines is 1. The van der Waals surface area contributed by atoms with Gasteiger partial charge in [0, 0.05) is 24.2 Å². The van der Waals surface area contributed by atoms with E-state index in [4.69, 9.17) is 25.8 Å². The number of rotatable bonds is 12. The number of halogens is 1. The summed E-state index contributed by atoms with van der Waals surface area (Å²) in [5.74, 6) is 2.41. The van der Waals surface area contributed by atoms with E-state index in [2.05, 4.69) is 22.4 Å². The summed E-state index contributed by atoms with van der Waals surface area (Å²) in [5, 5.41) is 12.6. The molecule has 8 nitrogen and oxygen atoms in total. The Morgan fingerprint density at radius 2 is 1.82 bits per heavy atom. The maximum atomic E-state index is 12.6. The largest absolute Gasteiger partial charge is 0.495 e. The molecule has 3 aromatic rings. The summed E-state index contributed by atoms with van der Waals surface area (Å²) in [5.41, 5.74) is 1.42. The van der Waals surface area contributed by atoms with Crippen LogP contribution in [0.25, 0.3) is 11.4 Å². The smallest absolute Gasteiger partial charge is 0.234 e. The van der Waals surface area contributed by atoms with Crippen molar-refractivity contribution in [2.24, 2.45) is 0 Å². The number of amides is 1. The SMILES string of the molecule is CCCCOc1ccc(-c2nnc(SCC(=O)Nc3cc(OC)c(Cl)cc3OC)n2CC)cc1. The highest BCUT2D eigenvalue weighted by atomic mass is 35.5. The number of hydrogen-bond donors (Lipinski definition) is 1. The van der Waals surface area contributed by atoms with Crippen LogP contribution in [-0.2, 0) is 11.3 Å². The summed E-state index contributed by atoms with van der Waals surface area (Å²) in [7, 11) is 3.02. The molecule has 1 amide bonds. The summed E-state index contributed by atoms with van der Waals surface area (Å²) < 4.78 is 18.3. The van der Waals surface area contributed by atoms with Crippen molar-refractivity contribution in [3.8, 4) is 28.6 Å². The van der Waals surface area contributed by atoms with Crippen LogP contribution in [0.3, 0.4) is 0 Å². The Hall–Kier alpha value is -2.91. The molecule has 0 spiro atoms. The van der Waals surface area contributed by atoms with Gasteiger partial charge in [-0.2, -0.15) is 0 Å². The lowest BCUT2D eigenvalue weighted by atomic mass is 10.2. The average Bonchev–Trinajstić information content (AvgIpc) is 3.27. The number of unbranched alkanes of at least 4 members (excludes halogenated alkanes) is 1. The van der Waals surface area contributed by atoms with Crippen LogP contribution < -0.4 is 19.5 Å². The Labute approximate surface area is 209 Å². The zero-order valence-electron chi connectivity index (χ0n) is 19.8. The number of aromatic nitrogens is 3. The highest BCUT2D eigenvalue weighted by Crippen LogP contribution is 2.36. The molecule has 0 aliphatic rings.